The van der Waals surface area contributed by atoms with Gasteiger partial charge in [-0.05, 0) is 38.8 Å². The molecule has 0 bridgehead atoms. The van der Waals surface area contributed by atoms with E-state index in [1.165, 1.54) is 0 Å². The quantitative estimate of drug-likeness (QED) is 0.852. The summed E-state index contributed by atoms with van der Waals surface area (Å²) >= 11 is 0. The van der Waals surface area contributed by atoms with Gasteiger partial charge in [0, 0.05) is 43.6 Å². The highest BCUT2D eigenvalue weighted by atomic mass is 16.5. The number of carbonyl (C=O) groups is 1. The molecule has 0 unspecified atom stereocenters. The van der Waals surface area contributed by atoms with Gasteiger partial charge in [-0.15, -0.1) is 0 Å². The van der Waals surface area contributed by atoms with Gasteiger partial charge in [0.05, 0.1) is 6.54 Å². The molecule has 0 radical (unpaired) electrons. The van der Waals surface area contributed by atoms with Crippen molar-refractivity contribution < 1.29 is 9.32 Å². The first-order valence-electron chi connectivity index (χ1n) is 8.54. The molecule has 2 aliphatic rings. The predicted molar refractivity (Wildman–Crippen MR) is 87.4 cm³/mol. The highest BCUT2D eigenvalue weighted by molar-refractivity contribution is 5.92. The number of aromatic nitrogens is 3. The van der Waals surface area contributed by atoms with Crippen LogP contribution in [0.2, 0.25) is 0 Å². The van der Waals surface area contributed by atoms with Crippen LogP contribution in [0, 0.1) is 12.8 Å². The molecule has 0 aliphatic carbocycles. The van der Waals surface area contributed by atoms with Gasteiger partial charge in [0.1, 0.15) is 5.76 Å². The van der Waals surface area contributed by atoms with Crippen molar-refractivity contribution in [1.29, 1.82) is 0 Å². The first-order chi connectivity index (χ1) is 11.6. The molecular weight excluding hydrogens is 306 g/mol. The van der Waals surface area contributed by atoms with Crippen LogP contribution in [0.3, 0.4) is 0 Å². The lowest BCUT2D eigenvalue weighted by Crippen LogP contribution is -2.47. The zero-order valence-corrected chi connectivity index (χ0v) is 14.1. The zero-order valence-electron chi connectivity index (χ0n) is 14.1. The van der Waals surface area contributed by atoms with E-state index in [1.807, 2.05) is 35.0 Å². The topological polar surface area (TPSA) is 67.4 Å². The van der Waals surface area contributed by atoms with Crippen LogP contribution in [-0.2, 0) is 6.54 Å². The van der Waals surface area contributed by atoms with E-state index in [-0.39, 0.29) is 5.91 Å². The molecule has 4 heterocycles. The number of fused-ring (bicyclic) bond motifs is 1. The predicted octanol–water partition coefficient (Wildman–Crippen LogP) is 1.41. The van der Waals surface area contributed by atoms with E-state index in [0.29, 0.717) is 29.5 Å². The maximum atomic E-state index is 12.6. The van der Waals surface area contributed by atoms with Crippen LogP contribution in [-0.4, -0.2) is 62.9 Å². The van der Waals surface area contributed by atoms with Gasteiger partial charge in [-0.2, -0.15) is 5.10 Å². The van der Waals surface area contributed by atoms with Crippen molar-refractivity contribution in [3.63, 3.8) is 0 Å². The maximum Gasteiger partial charge on any atom is 0.276 e. The fourth-order valence-electron chi connectivity index (χ4n) is 4.22. The normalized spacial score (nSPS) is 27.4. The summed E-state index contributed by atoms with van der Waals surface area (Å²) < 4.78 is 7.04. The summed E-state index contributed by atoms with van der Waals surface area (Å²) in [7, 11) is 2.21. The Morgan fingerprint density at radius 1 is 1.46 bits per heavy atom. The second-order valence-corrected chi connectivity index (χ2v) is 6.97. The minimum atomic E-state index is -0.0107. The van der Waals surface area contributed by atoms with Crippen LogP contribution in [0.4, 0.5) is 0 Å². The second-order valence-electron chi connectivity index (χ2n) is 6.97. The molecule has 128 valence electrons. The maximum absolute atomic E-state index is 12.6. The van der Waals surface area contributed by atoms with E-state index in [2.05, 4.69) is 22.2 Å². The van der Waals surface area contributed by atoms with Gasteiger partial charge in [0.15, 0.2) is 5.69 Å². The van der Waals surface area contributed by atoms with Gasteiger partial charge in [-0.3, -0.25) is 14.4 Å². The minimum Gasteiger partial charge on any atom is -0.361 e. The second kappa shape index (κ2) is 6.05. The SMILES string of the molecule is Cc1cc(C(=O)N2CC[C@@H]3[C@@H](C[C@H](Cn4cccn4)N3C)C2)no1. The van der Waals surface area contributed by atoms with E-state index in [4.69, 9.17) is 4.52 Å². The third-order valence-electron chi connectivity index (χ3n) is 5.46. The molecule has 1 amide bonds. The Bertz CT molecular complexity index is 710. The third kappa shape index (κ3) is 2.73. The molecule has 24 heavy (non-hydrogen) atoms. The summed E-state index contributed by atoms with van der Waals surface area (Å²) in [5.74, 6) is 1.18. The fourth-order valence-corrected chi connectivity index (χ4v) is 4.22. The van der Waals surface area contributed by atoms with Crippen molar-refractivity contribution in [2.45, 2.75) is 38.4 Å². The van der Waals surface area contributed by atoms with Crippen molar-refractivity contribution in [1.82, 2.24) is 24.7 Å². The van der Waals surface area contributed by atoms with Crippen LogP contribution < -0.4 is 0 Å². The lowest BCUT2D eigenvalue weighted by molar-refractivity contribution is 0.0597. The molecule has 0 N–H and O–H groups in total. The smallest absolute Gasteiger partial charge is 0.276 e. The highest BCUT2D eigenvalue weighted by Crippen LogP contribution is 2.35. The summed E-state index contributed by atoms with van der Waals surface area (Å²) in [6.07, 6.45) is 5.95. The van der Waals surface area contributed by atoms with Crippen molar-refractivity contribution >= 4 is 5.91 Å². The van der Waals surface area contributed by atoms with Crippen molar-refractivity contribution in [2.75, 3.05) is 20.1 Å². The number of aryl methyl sites for hydroxylation is 1. The van der Waals surface area contributed by atoms with Crippen molar-refractivity contribution in [2.24, 2.45) is 5.92 Å². The molecule has 2 aromatic heterocycles. The molecule has 2 saturated heterocycles. The molecule has 0 saturated carbocycles. The molecule has 2 fully saturated rings. The van der Waals surface area contributed by atoms with E-state index in [0.717, 1.165) is 32.5 Å². The summed E-state index contributed by atoms with van der Waals surface area (Å²) in [5.41, 5.74) is 0.422. The van der Waals surface area contributed by atoms with E-state index in [9.17, 15) is 4.79 Å². The average Bonchev–Trinajstić information content (AvgIpc) is 3.29. The van der Waals surface area contributed by atoms with Crippen molar-refractivity contribution in [3.05, 3.63) is 36.0 Å². The minimum absolute atomic E-state index is 0.0107. The molecular formula is C17H23N5O2. The van der Waals surface area contributed by atoms with Gasteiger partial charge in [0.2, 0.25) is 0 Å². The standard InChI is InChI=1S/C17H23N5O2/c1-12-8-15(19-24-12)17(23)21-7-4-16-13(10-21)9-14(20(16)2)11-22-6-3-5-18-22/h3,5-6,8,13-14,16H,4,7,9-11H2,1-2H3/t13-,14+,16+/m0/s1. The molecule has 7 heteroatoms. The number of nitrogens with zero attached hydrogens (tertiary/aromatic N) is 5. The number of likely N-dealkylation sites (N-methyl/N-ethyl adjacent to an activating group) is 1. The van der Waals surface area contributed by atoms with Crippen molar-refractivity contribution in [3.8, 4) is 0 Å². The van der Waals surface area contributed by atoms with Crippen LogP contribution in [0.1, 0.15) is 29.1 Å². The zero-order chi connectivity index (χ0) is 16.7. The first kappa shape index (κ1) is 15.4. The Morgan fingerprint density at radius 3 is 3.04 bits per heavy atom. The molecule has 4 rings (SSSR count). The largest absolute Gasteiger partial charge is 0.361 e. The average molecular weight is 329 g/mol. The van der Waals surface area contributed by atoms with E-state index >= 15 is 0 Å². The molecule has 2 aliphatic heterocycles. The summed E-state index contributed by atoms with van der Waals surface area (Å²) in [6, 6.07) is 4.70. The molecule has 2 aromatic rings. The Kier molecular flexibility index (Phi) is 3.88. The number of rotatable bonds is 3. The summed E-state index contributed by atoms with van der Waals surface area (Å²) in [5, 5.41) is 8.19. The number of carbonyl (C=O) groups excluding carboxylic acids is 1. The van der Waals surface area contributed by atoms with E-state index < -0.39 is 0 Å². The summed E-state index contributed by atoms with van der Waals surface area (Å²) in [6.45, 7) is 4.30. The molecule has 3 atom stereocenters. The number of likely N-dealkylation sites (tertiary alicyclic amines) is 2. The van der Waals surface area contributed by atoms with Gasteiger partial charge >= 0.3 is 0 Å². The van der Waals surface area contributed by atoms with Crippen LogP contribution in [0.25, 0.3) is 0 Å². The van der Waals surface area contributed by atoms with Gasteiger partial charge in [0.25, 0.3) is 5.91 Å². The third-order valence-corrected chi connectivity index (χ3v) is 5.46. The number of amides is 1. The Hall–Kier alpha value is -2.15. The molecule has 7 nitrogen and oxygen atoms in total. The lowest BCUT2D eigenvalue weighted by atomic mass is 9.92. The van der Waals surface area contributed by atoms with Crippen LogP contribution in [0.5, 0.6) is 0 Å². The van der Waals surface area contributed by atoms with Gasteiger partial charge < -0.3 is 9.42 Å². The Labute approximate surface area is 141 Å². The number of hydrogen-bond donors (Lipinski definition) is 0. The lowest BCUT2D eigenvalue weighted by Gasteiger charge is -2.37. The van der Waals surface area contributed by atoms with E-state index in [1.54, 1.807) is 6.07 Å². The van der Waals surface area contributed by atoms with Gasteiger partial charge in [-0.1, -0.05) is 5.16 Å². The Morgan fingerprint density at radius 2 is 2.33 bits per heavy atom. The van der Waals surface area contributed by atoms with Crippen LogP contribution >= 0.6 is 0 Å². The summed E-state index contributed by atoms with van der Waals surface area (Å²) in [4.78, 5) is 17.0. The Balaban J connectivity index is 1.42. The first-order valence-corrected chi connectivity index (χ1v) is 8.54. The number of hydrogen-bond acceptors (Lipinski definition) is 5. The molecule has 0 spiro atoms. The number of piperidine rings is 1. The fraction of sp³-hybridized carbons (Fsp3) is 0.588. The van der Waals surface area contributed by atoms with Crippen LogP contribution in [0.15, 0.2) is 29.0 Å². The molecule has 0 aromatic carbocycles. The monoisotopic (exact) mass is 329 g/mol. The van der Waals surface area contributed by atoms with Gasteiger partial charge in [-0.25, -0.2) is 0 Å². The highest BCUT2D eigenvalue weighted by Gasteiger charge is 2.43.